The van der Waals surface area contributed by atoms with Gasteiger partial charge in [-0.2, -0.15) is 0 Å². The number of fused-ring (bicyclic) bond motifs is 5. The summed E-state index contributed by atoms with van der Waals surface area (Å²) in [7, 11) is 0. The summed E-state index contributed by atoms with van der Waals surface area (Å²) in [6.45, 7) is 0. The molecule has 10 rings (SSSR count). The minimum atomic E-state index is 0.190. The van der Waals surface area contributed by atoms with E-state index in [2.05, 4.69) is 134 Å². The molecule has 0 radical (unpaired) electrons. The largest absolute Gasteiger partial charge is 0.456 e. The first kappa shape index (κ1) is 29.3. The topological polar surface area (TPSA) is 51.8 Å². The molecule has 2 aliphatic carbocycles. The molecule has 6 aromatic carbocycles. The Morgan fingerprint density at radius 2 is 1.06 bits per heavy atom. The number of nitrogens with zero attached hydrogens (tertiary/aromatic N) is 3. The third-order valence-electron chi connectivity index (χ3n) is 10.1. The van der Waals surface area contributed by atoms with Gasteiger partial charge in [0.15, 0.2) is 17.5 Å². The van der Waals surface area contributed by atoms with Crippen LogP contribution in [0.3, 0.4) is 0 Å². The first-order chi connectivity index (χ1) is 25.2. The van der Waals surface area contributed by atoms with Gasteiger partial charge in [-0.15, -0.1) is 0 Å². The van der Waals surface area contributed by atoms with Crippen molar-refractivity contribution in [2.45, 2.75) is 0 Å². The smallest absolute Gasteiger partial charge is 0.164 e. The number of para-hydroxylation sites is 1. The van der Waals surface area contributed by atoms with E-state index in [-0.39, 0.29) is 11.8 Å². The highest BCUT2D eigenvalue weighted by atomic mass is 16.3. The zero-order chi connectivity index (χ0) is 33.7. The monoisotopic (exact) mass is 653 g/mol. The van der Waals surface area contributed by atoms with Gasteiger partial charge < -0.3 is 4.42 Å². The Morgan fingerprint density at radius 1 is 0.431 bits per heavy atom. The lowest BCUT2D eigenvalue weighted by Crippen LogP contribution is -2.14. The first-order valence-corrected chi connectivity index (χ1v) is 17.4. The molecule has 4 heteroatoms. The molecule has 2 aliphatic rings. The van der Waals surface area contributed by atoms with Crippen LogP contribution in [0.25, 0.3) is 77.8 Å². The van der Waals surface area contributed by atoms with Crippen LogP contribution in [0.4, 0.5) is 0 Å². The van der Waals surface area contributed by atoms with E-state index < -0.39 is 0 Å². The van der Waals surface area contributed by atoms with E-state index in [0.29, 0.717) is 17.5 Å². The minimum Gasteiger partial charge on any atom is -0.456 e. The lowest BCUT2D eigenvalue weighted by Gasteiger charge is -2.25. The first-order valence-electron chi connectivity index (χ1n) is 17.4. The summed E-state index contributed by atoms with van der Waals surface area (Å²) in [6, 6.07) is 48.2. The summed E-state index contributed by atoms with van der Waals surface area (Å²) < 4.78 is 6.27. The number of furan rings is 1. The number of aromatic nitrogens is 3. The summed E-state index contributed by atoms with van der Waals surface area (Å²) in [5.74, 6) is 2.33. The molecule has 0 saturated heterocycles. The summed E-state index contributed by atoms with van der Waals surface area (Å²) in [4.78, 5) is 15.6. The van der Waals surface area contributed by atoms with Crippen molar-refractivity contribution in [3.05, 3.63) is 187 Å². The van der Waals surface area contributed by atoms with E-state index in [1.165, 1.54) is 21.9 Å². The van der Waals surface area contributed by atoms with Crippen LogP contribution >= 0.6 is 0 Å². The normalized spacial score (nSPS) is 16.7. The predicted molar refractivity (Wildman–Crippen MR) is 209 cm³/mol. The molecule has 0 aliphatic heterocycles. The second kappa shape index (κ2) is 12.0. The fourth-order valence-electron chi connectivity index (χ4n) is 7.51. The number of rotatable bonds is 5. The zero-order valence-corrected chi connectivity index (χ0v) is 27.6. The summed E-state index contributed by atoms with van der Waals surface area (Å²) in [5.41, 5.74) is 9.16. The molecule has 0 fully saturated rings. The molecule has 51 heavy (non-hydrogen) atoms. The fraction of sp³-hybridized carbons (Fsp3) is 0.0426. The molecule has 240 valence electrons. The van der Waals surface area contributed by atoms with E-state index in [0.717, 1.165) is 49.8 Å². The van der Waals surface area contributed by atoms with Crippen LogP contribution < -0.4 is 0 Å². The SMILES string of the molecule is C1=CC2C=C(c3nc(-c4ccccc4-c4ccccc4)nc(-c4cccc5oc6ccccc6c45)n3)C=CC2C=C1c1ccc2ccccc2c1. The van der Waals surface area contributed by atoms with Gasteiger partial charge in [0, 0.05) is 39.3 Å². The van der Waals surface area contributed by atoms with Crippen LogP contribution in [0.1, 0.15) is 11.4 Å². The van der Waals surface area contributed by atoms with Gasteiger partial charge in [0.05, 0.1) is 0 Å². The summed E-state index contributed by atoms with van der Waals surface area (Å²) in [6.07, 6.45) is 13.7. The Morgan fingerprint density at radius 3 is 1.92 bits per heavy atom. The van der Waals surface area contributed by atoms with Crippen LogP contribution in [-0.2, 0) is 0 Å². The molecule has 0 saturated carbocycles. The van der Waals surface area contributed by atoms with E-state index >= 15 is 0 Å². The highest BCUT2D eigenvalue weighted by molar-refractivity contribution is 6.11. The molecule has 4 nitrogen and oxygen atoms in total. The van der Waals surface area contributed by atoms with Crippen molar-refractivity contribution in [2.75, 3.05) is 0 Å². The average Bonchev–Trinajstić information content (AvgIpc) is 3.59. The summed E-state index contributed by atoms with van der Waals surface area (Å²) >= 11 is 0. The quantitative estimate of drug-likeness (QED) is 0.185. The van der Waals surface area contributed by atoms with Gasteiger partial charge in [-0.25, -0.2) is 15.0 Å². The van der Waals surface area contributed by atoms with E-state index in [1.54, 1.807) is 0 Å². The third-order valence-corrected chi connectivity index (χ3v) is 10.1. The highest BCUT2D eigenvalue weighted by Crippen LogP contribution is 2.39. The van der Waals surface area contributed by atoms with Gasteiger partial charge in [0.1, 0.15) is 11.2 Å². The molecule has 0 spiro atoms. The van der Waals surface area contributed by atoms with Gasteiger partial charge in [-0.1, -0.05) is 158 Å². The van der Waals surface area contributed by atoms with Crippen molar-refractivity contribution < 1.29 is 4.42 Å². The Bertz CT molecular complexity index is 2770. The van der Waals surface area contributed by atoms with Crippen molar-refractivity contribution in [1.29, 1.82) is 0 Å². The molecule has 2 atom stereocenters. The lowest BCUT2D eigenvalue weighted by molar-refractivity contribution is 0.664. The van der Waals surface area contributed by atoms with Gasteiger partial charge >= 0.3 is 0 Å². The van der Waals surface area contributed by atoms with E-state index in [9.17, 15) is 0 Å². The molecule has 0 amide bonds. The average molecular weight is 654 g/mol. The lowest BCUT2D eigenvalue weighted by atomic mass is 9.79. The maximum atomic E-state index is 6.27. The Kier molecular flexibility index (Phi) is 6.91. The van der Waals surface area contributed by atoms with Gasteiger partial charge in [0.2, 0.25) is 0 Å². The molecular formula is C47H31N3O. The van der Waals surface area contributed by atoms with Crippen LogP contribution in [-0.4, -0.2) is 15.0 Å². The Balaban J connectivity index is 1.10. The van der Waals surface area contributed by atoms with Crippen molar-refractivity contribution in [3.8, 4) is 33.9 Å². The third kappa shape index (κ3) is 5.20. The number of allylic oxidation sites excluding steroid dienone is 8. The number of hydrogen-bond donors (Lipinski definition) is 0. The molecule has 2 heterocycles. The van der Waals surface area contributed by atoms with Gasteiger partial charge in [-0.05, 0) is 51.2 Å². The highest BCUT2D eigenvalue weighted by Gasteiger charge is 2.24. The molecular weight excluding hydrogens is 623 g/mol. The van der Waals surface area contributed by atoms with E-state index in [4.69, 9.17) is 19.4 Å². The standard InChI is InChI=1S/C47H31N3O/c1-2-12-31(13-3-1)38-15-6-7-16-39(38)46-48-45(49-47(50-46)41-18-10-20-43-44(41)40-17-8-9-19-42(40)51-43)37-26-25-35-28-34(23-24-36(35)29-37)33-22-21-30-11-4-5-14-32(30)27-33/h1-29,35-36H. The predicted octanol–water partition coefficient (Wildman–Crippen LogP) is 11.8. The van der Waals surface area contributed by atoms with Crippen molar-refractivity contribution in [2.24, 2.45) is 11.8 Å². The maximum absolute atomic E-state index is 6.27. The zero-order valence-electron chi connectivity index (χ0n) is 27.6. The Labute approximate surface area is 295 Å². The Hall–Kier alpha value is -6.65. The fourth-order valence-corrected chi connectivity index (χ4v) is 7.51. The van der Waals surface area contributed by atoms with Gasteiger partial charge in [0.25, 0.3) is 0 Å². The van der Waals surface area contributed by atoms with Crippen molar-refractivity contribution in [3.63, 3.8) is 0 Å². The second-order valence-electron chi connectivity index (χ2n) is 13.2. The molecule has 8 aromatic rings. The maximum Gasteiger partial charge on any atom is 0.164 e. The van der Waals surface area contributed by atoms with Crippen molar-refractivity contribution >= 4 is 43.9 Å². The van der Waals surface area contributed by atoms with Crippen molar-refractivity contribution in [1.82, 2.24) is 15.0 Å². The van der Waals surface area contributed by atoms with Crippen LogP contribution in [0.2, 0.25) is 0 Å². The molecule has 0 bridgehead atoms. The van der Waals surface area contributed by atoms with E-state index in [1.807, 2.05) is 42.5 Å². The van der Waals surface area contributed by atoms with Gasteiger partial charge in [-0.3, -0.25) is 0 Å². The number of benzene rings is 6. The van der Waals surface area contributed by atoms with Crippen LogP contribution in [0, 0.1) is 11.8 Å². The summed E-state index contributed by atoms with van der Waals surface area (Å²) in [5, 5.41) is 4.55. The number of hydrogen-bond acceptors (Lipinski definition) is 4. The molecule has 0 N–H and O–H groups in total. The molecule has 2 aromatic heterocycles. The second-order valence-corrected chi connectivity index (χ2v) is 13.2. The minimum absolute atomic E-state index is 0.190. The molecule has 2 unspecified atom stereocenters. The van der Waals surface area contributed by atoms with Crippen LogP contribution in [0.5, 0.6) is 0 Å². The van der Waals surface area contributed by atoms with Crippen LogP contribution in [0.15, 0.2) is 180 Å².